The van der Waals surface area contributed by atoms with Crippen LogP contribution in [0.15, 0.2) is 48.5 Å². The number of carbonyl (C=O) groups excluding carboxylic acids is 1. The van der Waals surface area contributed by atoms with E-state index in [2.05, 4.69) is 0 Å². The van der Waals surface area contributed by atoms with Crippen molar-refractivity contribution >= 4 is 11.9 Å². The molecule has 0 bridgehead atoms. The van der Waals surface area contributed by atoms with Crippen molar-refractivity contribution in [1.29, 1.82) is 0 Å². The molecule has 5 nitrogen and oxygen atoms in total. The van der Waals surface area contributed by atoms with Crippen molar-refractivity contribution < 1.29 is 19.4 Å². The molecule has 1 aliphatic heterocycles. The Morgan fingerprint density at radius 1 is 1.12 bits per heavy atom. The Balaban J connectivity index is 1.88. The lowest BCUT2D eigenvalue weighted by atomic mass is 9.84. The lowest BCUT2D eigenvalue weighted by Gasteiger charge is -2.34. The topological polar surface area (TPSA) is 66.8 Å². The first-order valence-corrected chi connectivity index (χ1v) is 8.86. The smallest absolute Gasteiger partial charge is 0.313 e. The van der Waals surface area contributed by atoms with E-state index in [1.807, 2.05) is 53.4 Å². The van der Waals surface area contributed by atoms with Gasteiger partial charge in [0.1, 0.15) is 11.7 Å². The van der Waals surface area contributed by atoms with E-state index >= 15 is 0 Å². The maximum absolute atomic E-state index is 13.0. The average molecular weight is 351 g/mol. The van der Waals surface area contributed by atoms with E-state index in [9.17, 15) is 14.7 Å². The van der Waals surface area contributed by atoms with Crippen molar-refractivity contribution in [2.75, 3.05) is 7.11 Å². The zero-order valence-corrected chi connectivity index (χ0v) is 14.6. The molecule has 1 N–H and O–H groups in total. The molecule has 5 heteroatoms. The number of methoxy groups -OCH3 is 1. The molecule has 0 unspecified atom stereocenters. The van der Waals surface area contributed by atoms with Gasteiger partial charge in [0, 0.05) is 6.04 Å². The standard InChI is InChI=1S/C21H21NO4/c1-26-16-10-6-13(7-11-16)20-19(21(24)25)17-5-3-2-4-14(17)12-18(23)22(20)15-8-9-15/h2-7,10-11,15,19-20H,8-9,12H2,1H3,(H,24,25)/t19-,20+/m1/s1. The summed E-state index contributed by atoms with van der Waals surface area (Å²) in [6.45, 7) is 0. The zero-order chi connectivity index (χ0) is 18.3. The number of carboxylic acids is 1. The summed E-state index contributed by atoms with van der Waals surface area (Å²) in [4.78, 5) is 27.2. The fourth-order valence-electron chi connectivity index (χ4n) is 3.94. The van der Waals surface area contributed by atoms with Crippen LogP contribution in [0.1, 0.15) is 41.5 Å². The minimum absolute atomic E-state index is 0.00418. The third-order valence-corrected chi connectivity index (χ3v) is 5.30. The molecule has 4 rings (SSSR count). The molecule has 0 radical (unpaired) electrons. The molecule has 1 saturated carbocycles. The third-order valence-electron chi connectivity index (χ3n) is 5.30. The average Bonchev–Trinajstić information content (AvgIpc) is 3.47. The number of carboxylic acid groups (broad SMARTS) is 1. The molecular weight excluding hydrogens is 330 g/mol. The van der Waals surface area contributed by atoms with Crippen LogP contribution in [-0.2, 0) is 16.0 Å². The second kappa shape index (κ2) is 6.48. The second-order valence-corrected chi connectivity index (χ2v) is 6.94. The van der Waals surface area contributed by atoms with E-state index in [4.69, 9.17) is 4.74 Å². The van der Waals surface area contributed by atoms with Gasteiger partial charge in [-0.25, -0.2) is 0 Å². The Morgan fingerprint density at radius 2 is 1.81 bits per heavy atom. The summed E-state index contributed by atoms with van der Waals surface area (Å²) in [7, 11) is 1.59. The molecule has 0 aromatic heterocycles. The Hall–Kier alpha value is -2.82. The lowest BCUT2D eigenvalue weighted by Crippen LogP contribution is -2.40. The third kappa shape index (κ3) is 2.83. The second-order valence-electron chi connectivity index (χ2n) is 6.94. The number of amides is 1. The van der Waals surface area contributed by atoms with Crippen molar-refractivity contribution in [2.24, 2.45) is 0 Å². The maximum atomic E-state index is 13.0. The highest BCUT2D eigenvalue weighted by atomic mass is 16.5. The highest BCUT2D eigenvalue weighted by Crippen LogP contribution is 2.45. The van der Waals surface area contributed by atoms with Gasteiger partial charge < -0.3 is 14.7 Å². The normalized spacial score (nSPS) is 22.5. The number of carbonyl (C=O) groups is 2. The van der Waals surface area contributed by atoms with Crippen molar-refractivity contribution in [3.63, 3.8) is 0 Å². The first kappa shape index (κ1) is 16.6. The molecule has 0 saturated heterocycles. The van der Waals surface area contributed by atoms with Crippen molar-refractivity contribution in [3.8, 4) is 5.75 Å². The van der Waals surface area contributed by atoms with Crippen LogP contribution in [-0.4, -0.2) is 35.0 Å². The van der Waals surface area contributed by atoms with Crippen LogP contribution in [0.25, 0.3) is 0 Å². The Morgan fingerprint density at radius 3 is 2.42 bits per heavy atom. The first-order chi connectivity index (χ1) is 12.6. The van der Waals surface area contributed by atoms with Crippen molar-refractivity contribution in [2.45, 2.75) is 37.3 Å². The molecule has 2 aromatic rings. The molecule has 26 heavy (non-hydrogen) atoms. The predicted molar refractivity (Wildman–Crippen MR) is 96.1 cm³/mol. The lowest BCUT2D eigenvalue weighted by molar-refractivity contribution is -0.143. The van der Waals surface area contributed by atoms with E-state index in [0.29, 0.717) is 5.75 Å². The minimum atomic E-state index is -0.904. The van der Waals surface area contributed by atoms with Gasteiger partial charge in [0.2, 0.25) is 5.91 Å². The Bertz CT molecular complexity index is 841. The van der Waals surface area contributed by atoms with E-state index in [0.717, 1.165) is 29.5 Å². The maximum Gasteiger partial charge on any atom is 0.313 e. The number of rotatable bonds is 4. The summed E-state index contributed by atoms with van der Waals surface area (Å²) in [5.74, 6) is -0.978. The van der Waals surface area contributed by atoms with Crippen LogP contribution >= 0.6 is 0 Å². The zero-order valence-electron chi connectivity index (χ0n) is 14.6. The van der Waals surface area contributed by atoms with Crippen LogP contribution in [0.5, 0.6) is 5.75 Å². The van der Waals surface area contributed by atoms with Gasteiger partial charge in [-0.2, -0.15) is 0 Å². The molecule has 1 fully saturated rings. The van der Waals surface area contributed by atoms with Crippen LogP contribution in [0.3, 0.4) is 0 Å². The summed E-state index contributed by atoms with van der Waals surface area (Å²) in [5, 5.41) is 10.1. The summed E-state index contributed by atoms with van der Waals surface area (Å²) >= 11 is 0. The molecule has 2 aromatic carbocycles. The number of ether oxygens (including phenoxy) is 1. The summed E-state index contributed by atoms with van der Waals surface area (Å²) < 4.78 is 5.22. The highest BCUT2D eigenvalue weighted by molar-refractivity contribution is 5.86. The van der Waals surface area contributed by atoms with Gasteiger partial charge in [-0.1, -0.05) is 36.4 Å². The van der Waals surface area contributed by atoms with Gasteiger partial charge in [0.05, 0.1) is 19.6 Å². The number of hydrogen-bond acceptors (Lipinski definition) is 3. The van der Waals surface area contributed by atoms with Crippen LogP contribution in [0, 0.1) is 0 Å². The first-order valence-electron chi connectivity index (χ1n) is 8.86. The number of benzene rings is 2. The molecule has 134 valence electrons. The van der Waals surface area contributed by atoms with Gasteiger partial charge in [0.25, 0.3) is 0 Å². The molecule has 0 spiro atoms. The summed E-state index contributed by atoms with van der Waals surface area (Å²) in [6.07, 6.45) is 2.12. The molecule has 2 aliphatic rings. The Kier molecular flexibility index (Phi) is 4.15. The molecular formula is C21H21NO4. The van der Waals surface area contributed by atoms with Gasteiger partial charge in [0.15, 0.2) is 0 Å². The number of aliphatic carboxylic acids is 1. The molecule has 1 amide bonds. The summed E-state index contributed by atoms with van der Waals surface area (Å²) in [6, 6.07) is 14.4. The van der Waals surface area contributed by atoms with Crippen molar-refractivity contribution in [1.82, 2.24) is 4.90 Å². The van der Waals surface area contributed by atoms with Gasteiger partial charge in [-0.05, 0) is 41.7 Å². The van der Waals surface area contributed by atoms with Crippen molar-refractivity contribution in [3.05, 3.63) is 65.2 Å². The minimum Gasteiger partial charge on any atom is -0.497 e. The SMILES string of the molecule is COc1ccc([C@H]2[C@H](C(=O)O)c3ccccc3CC(=O)N2C2CC2)cc1. The Labute approximate surface area is 152 Å². The molecule has 1 heterocycles. The van der Waals surface area contributed by atoms with Gasteiger partial charge in [-0.3, -0.25) is 9.59 Å². The number of nitrogens with zero attached hydrogens (tertiary/aromatic N) is 1. The van der Waals surface area contributed by atoms with E-state index in [-0.39, 0.29) is 18.4 Å². The number of hydrogen-bond donors (Lipinski definition) is 1. The van der Waals surface area contributed by atoms with E-state index < -0.39 is 17.9 Å². The van der Waals surface area contributed by atoms with Gasteiger partial charge in [-0.15, -0.1) is 0 Å². The molecule has 2 atom stereocenters. The van der Waals surface area contributed by atoms with Gasteiger partial charge >= 0.3 is 5.97 Å². The monoisotopic (exact) mass is 351 g/mol. The predicted octanol–water partition coefficient (Wildman–Crippen LogP) is 3.15. The summed E-state index contributed by atoms with van der Waals surface area (Å²) in [5.41, 5.74) is 2.37. The van der Waals surface area contributed by atoms with Crippen LogP contribution < -0.4 is 4.74 Å². The quantitative estimate of drug-likeness (QED) is 0.919. The fraction of sp³-hybridized carbons (Fsp3) is 0.333. The fourth-order valence-corrected chi connectivity index (χ4v) is 3.94. The van der Waals surface area contributed by atoms with E-state index in [1.54, 1.807) is 7.11 Å². The largest absolute Gasteiger partial charge is 0.497 e. The highest BCUT2D eigenvalue weighted by Gasteiger charge is 2.46. The number of fused-ring (bicyclic) bond motifs is 1. The van der Waals surface area contributed by atoms with E-state index in [1.165, 1.54) is 0 Å². The molecule has 1 aliphatic carbocycles. The van der Waals surface area contributed by atoms with Crippen LogP contribution in [0.4, 0.5) is 0 Å². The van der Waals surface area contributed by atoms with Crippen LogP contribution in [0.2, 0.25) is 0 Å².